The second-order valence-electron chi connectivity index (χ2n) is 4.43. The van der Waals surface area contributed by atoms with Crippen LogP contribution in [0.1, 0.15) is 12.5 Å². The summed E-state index contributed by atoms with van der Waals surface area (Å²) in [6.45, 7) is 1.98. The van der Waals surface area contributed by atoms with Crippen molar-refractivity contribution in [1.82, 2.24) is 0 Å². The first-order valence-corrected chi connectivity index (χ1v) is 7.31. The Balaban J connectivity index is 1.94. The summed E-state index contributed by atoms with van der Waals surface area (Å²) in [6.07, 6.45) is 0.852. The molecule has 0 saturated carbocycles. The Kier molecular flexibility index (Phi) is 5.48. The molecule has 0 unspecified atom stereocenters. The van der Waals surface area contributed by atoms with Crippen molar-refractivity contribution >= 4 is 34.8 Å². The molecule has 0 fully saturated rings. The van der Waals surface area contributed by atoms with E-state index in [9.17, 15) is 4.79 Å². The van der Waals surface area contributed by atoms with E-state index in [0.717, 1.165) is 17.7 Å². The van der Waals surface area contributed by atoms with Gasteiger partial charge in [0, 0.05) is 5.69 Å². The van der Waals surface area contributed by atoms with Gasteiger partial charge in [0.1, 0.15) is 5.75 Å². The van der Waals surface area contributed by atoms with Gasteiger partial charge in [-0.1, -0.05) is 48.3 Å². The fraction of sp³-hybridized carbons (Fsp3) is 0.188. The van der Waals surface area contributed by atoms with Gasteiger partial charge in [0.2, 0.25) is 0 Å². The van der Waals surface area contributed by atoms with Crippen LogP contribution >= 0.6 is 23.2 Å². The Morgan fingerprint density at radius 3 is 2.62 bits per heavy atom. The number of rotatable bonds is 5. The highest BCUT2D eigenvalue weighted by Crippen LogP contribution is 2.25. The number of carbonyl (C=O) groups excluding carboxylic acids is 1. The number of nitrogens with one attached hydrogen (secondary N) is 1. The van der Waals surface area contributed by atoms with Crippen molar-refractivity contribution in [3.63, 3.8) is 0 Å². The van der Waals surface area contributed by atoms with E-state index in [2.05, 4.69) is 5.32 Å². The van der Waals surface area contributed by atoms with Gasteiger partial charge >= 0.3 is 0 Å². The van der Waals surface area contributed by atoms with Crippen LogP contribution in [0.25, 0.3) is 0 Å². The number of halogens is 2. The van der Waals surface area contributed by atoms with Gasteiger partial charge in [0.15, 0.2) is 6.61 Å². The first kappa shape index (κ1) is 15.7. The van der Waals surface area contributed by atoms with E-state index in [1.54, 1.807) is 18.2 Å². The minimum Gasteiger partial charge on any atom is -0.483 e. The smallest absolute Gasteiger partial charge is 0.262 e. The molecular weight excluding hydrogens is 309 g/mol. The Morgan fingerprint density at radius 1 is 1.14 bits per heavy atom. The molecule has 2 rings (SSSR count). The number of hydrogen-bond donors (Lipinski definition) is 1. The largest absolute Gasteiger partial charge is 0.483 e. The lowest BCUT2D eigenvalue weighted by molar-refractivity contribution is -0.118. The van der Waals surface area contributed by atoms with Gasteiger partial charge in [-0.05, 0) is 36.2 Å². The van der Waals surface area contributed by atoms with Gasteiger partial charge in [-0.15, -0.1) is 0 Å². The molecule has 0 saturated heterocycles. The van der Waals surface area contributed by atoms with E-state index in [1.165, 1.54) is 0 Å². The maximum Gasteiger partial charge on any atom is 0.262 e. The van der Waals surface area contributed by atoms with Crippen LogP contribution in [0.3, 0.4) is 0 Å². The molecule has 110 valence electrons. The number of aryl methyl sites for hydroxylation is 1. The summed E-state index contributed by atoms with van der Waals surface area (Å²) in [7, 11) is 0. The van der Waals surface area contributed by atoms with E-state index in [4.69, 9.17) is 27.9 Å². The number of benzene rings is 2. The number of para-hydroxylation sites is 1. The molecule has 0 heterocycles. The predicted molar refractivity (Wildman–Crippen MR) is 86.4 cm³/mol. The maximum absolute atomic E-state index is 11.9. The second-order valence-corrected chi connectivity index (χ2v) is 5.24. The number of hydrogen-bond acceptors (Lipinski definition) is 2. The zero-order chi connectivity index (χ0) is 15.2. The highest BCUT2D eigenvalue weighted by atomic mass is 35.5. The van der Waals surface area contributed by atoms with Gasteiger partial charge in [-0.3, -0.25) is 4.79 Å². The van der Waals surface area contributed by atoms with E-state index >= 15 is 0 Å². The molecular formula is C16H15Cl2NO2. The fourth-order valence-corrected chi connectivity index (χ4v) is 2.15. The molecule has 0 atom stereocenters. The van der Waals surface area contributed by atoms with Crippen LogP contribution in [0.5, 0.6) is 5.75 Å². The van der Waals surface area contributed by atoms with E-state index < -0.39 is 0 Å². The lowest BCUT2D eigenvalue weighted by Gasteiger charge is -2.10. The standard InChI is InChI=1S/C16H15Cl2NO2/c1-2-11-5-3-4-6-15(11)21-10-16(20)19-12-7-8-13(17)14(18)9-12/h3-9H,2,10H2,1H3,(H,19,20). The maximum atomic E-state index is 11.9. The van der Waals surface area contributed by atoms with Crippen LogP contribution in [-0.2, 0) is 11.2 Å². The average molecular weight is 324 g/mol. The third-order valence-corrected chi connectivity index (χ3v) is 3.65. The molecule has 0 aliphatic rings. The molecule has 0 bridgehead atoms. The summed E-state index contributed by atoms with van der Waals surface area (Å²) in [5, 5.41) is 3.55. The normalized spacial score (nSPS) is 10.2. The molecule has 0 aliphatic carbocycles. The van der Waals surface area contributed by atoms with Gasteiger partial charge < -0.3 is 10.1 Å². The molecule has 5 heteroatoms. The molecule has 0 aromatic heterocycles. The highest BCUT2D eigenvalue weighted by Gasteiger charge is 2.07. The lowest BCUT2D eigenvalue weighted by Crippen LogP contribution is -2.20. The van der Waals surface area contributed by atoms with Gasteiger partial charge in [-0.2, -0.15) is 0 Å². The van der Waals surface area contributed by atoms with Crippen LogP contribution in [0.15, 0.2) is 42.5 Å². The third-order valence-electron chi connectivity index (χ3n) is 2.92. The monoisotopic (exact) mass is 323 g/mol. The topological polar surface area (TPSA) is 38.3 Å². The van der Waals surface area contributed by atoms with Crippen LogP contribution < -0.4 is 10.1 Å². The first-order chi connectivity index (χ1) is 10.1. The third kappa shape index (κ3) is 4.38. The summed E-state index contributed by atoms with van der Waals surface area (Å²) < 4.78 is 5.54. The van der Waals surface area contributed by atoms with E-state index in [-0.39, 0.29) is 12.5 Å². The van der Waals surface area contributed by atoms with Crippen molar-refractivity contribution in [1.29, 1.82) is 0 Å². The Bertz CT molecular complexity index is 644. The van der Waals surface area contributed by atoms with Crippen LogP contribution in [0.2, 0.25) is 10.0 Å². The van der Waals surface area contributed by atoms with Crippen molar-refractivity contribution < 1.29 is 9.53 Å². The first-order valence-electron chi connectivity index (χ1n) is 6.55. The summed E-state index contributed by atoms with van der Waals surface area (Å²) in [5.41, 5.74) is 1.65. The van der Waals surface area contributed by atoms with Crippen molar-refractivity contribution in [2.24, 2.45) is 0 Å². The fourth-order valence-electron chi connectivity index (χ4n) is 1.85. The summed E-state index contributed by atoms with van der Waals surface area (Å²) in [6, 6.07) is 12.6. The van der Waals surface area contributed by atoms with Gasteiger partial charge in [0.25, 0.3) is 5.91 Å². The minimum atomic E-state index is -0.251. The van der Waals surface area contributed by atoms with Crippen molar-refractivity contribution in [2.45, 2.75) is 13.3 Å². The molecule has 1 N–H and O–H groups in total. The summed E-state index contributed by atoms with van der Waals surface area (Å²) >= 11 is 11.7. The molecule has 1 amide bonds. The summed E-state index contributed by atoms with van der Waals surface area (Å²) in [4.78, 5) is 11.9. The molecule has 21 heavy (non-hydrogen) atoms. The molecule has 2 aromatic carbocycles. The highest BCUT2D eigenvalue weighted by molar-refractivity contribution is 6.42. The number of carbonyl (C=O) groups is 1. The zero-order valence-corrected chi connectivity index (χ0v) is 13.0. The van der Waals surface area contributed by atoms with Crippen molar-refractivity contribution in [3.05, 3.63) is 58.1 Å². The molecule has 0 spiro atoms. The van der Waals surface area contributed by atoms with Crippen molar-refractivity contribution in [3.8, 4) is 5.75 Å². The Labute approximate surface area is 133 Å². The van der Waals surface area contributed by atoms with Crippen LogP contribution in [-0.4, -0.2) is 12.5 Å². The van der Waals surface area contributed by atoms with Gasteiger partial charge in [-0.25, -0.2) is 0 Å². The quantitative estimate of drug-likeness (QED) is 0.875. The SMILES string of the molecule is CCc1ccccc1OCC(=O)Nc1ccc(Cl)c(Cl)c1. The zero-order valence-electron chi connectivity index (χ0n) is 11.5. The molecule has 3 nitrogen and oxygen atoms in total. The van der Waals surface area contributed by atoms with E-state index in [0.29, 0.717) is 15.7 Å². The average Bonchev–Trinajstić information content (AvgIpc) is 2.49. The number of anilines is 1. The molecule has 2 aromatic rings. The minimum absolute atomic E-state index is 0.0583. The Morgan fingerprint density at radius 2 is 1.90 bits per heavy atom. The number of ether oxygens (including phenoxy) is 1. The second kappa shape index (κ2) is 7.34. The van der Waals surface area contributed by atoms with Crippen molar-refractivity contribution in [2.75, 3.05) is 11.9 Å². The molecule has 0 aliphatic heterocycles. The van der Waals surface area contributed by atoms with Gasteiger partial charge in [0.05, 0.1) is 10.0 Å². The van der Waals surface area contributed by atoms with Crippen LogP contribution in [0.4, 0.5) is 5.69 Å². The molecule has 0 radical (unpaired) electrons. The van der Waals surface area contributed by atoms with E-state index in [1.807, 2.05) is 31.2 Å². The Hall–Kier alpha value is -1.71. The van der Waals surface area contributed by atoms with Crippen LogP contribution in [0, 0.1) is 0 Å². The number of amides is 1. The summed E-state index contributed by atoms with van der Waals surface area (Å²) in [5.74, 6) is 0.476. The predicted octanol–water partition coefficient (Wildman–Crippen LogP) is 4.57. The lowest BCUT2D eigenvalue weighted by atomic mass is 10.1.